The molecule has 78 valence electrons. The zero-order valence-corrected chi connectivity index (χ0v) is 8.66. The maximum atomic E-state index is 10.9. The summed E-state index contributed by atoms with van der Waals surface area (Å²) in [5, 5.41) is 5.53. The minimum atomic E-state index is -0.581. The normalized spacial score (nSPS) is 16.0. The standard InChI is InChI=1S/C7H11N3O3S/c1-4-6(10-13-7(12)8-2)14-3-5(11)9-4/h10H,3H2,1-2H3,(H,8,12)(H,9,11). The van der Waals surface area contributed by atoms with Crippen LogP contribution in [0.4, 0.5) is 4.79 Å². The van der Waals surface area contributed by atoms with Gasteiger partial charge in [-0.3, -0.25) is 4.79 Å². The van der Waals surface area contributed by atoms with E-state index in [0.29, 0.717) is 16.5 Å². The molecular formula is C7H11N3O3S. The smallest absolute Gasteiger partial charge is 0.327 e. The lowest BCUT2D eigenvalue weighted by atomic mass is 10.5. The molecule has 0 saturated carbocycles. The summed E-state index contributed by atoms with van der Waals surface area (Å²) in [7, 11) is 1.46. The van der Waals surface area contributed by atoms with Crippen LogP contribution in [0.3, 0.4) is 0 Å². The Morgan fingerprint density at radius 1 is 1.64 bits per heavy atom. The topological polar surface area (TPSA) is 79.5 Å². The molecule has 0 aromatic carbocycles. The molecule has 0 spiro atoms. The zero-order valence-electron chi connectivity index (χ0n) is 7.84. The van der Waals surface area contributed by atoms with Crippen molar-refractivity contribution in [3.8, 4) is 0 Å². The van der Waals surface area contributed by atoms with Crippen LogP contribution < -0.4 is 16.1 Å². The highest BCUT2D eigenvalue weighted by molar-refractivity contribution is 8.03. The van der Waals surface area contributed by atoms with E-state index < -0.39 is 6.09 Å². The largest absolute Gasteiger partial charge is 0.431 e. The molecule has 14 heavy (non-hydrogen) atoms. The van der Waals surface area contributed by atoms with Crippen molar-refractivity contribution in [1.29, 1.82) is 0 Å². The number of thioether (sulfide) groups is 1. The molecule has 0 radical (unpaired) electrons. The van der Waals surface area contributed by atoms with Gasteiger partial charge in [-0.2, -0.15) is 0 Å². The summed E-state index contributed by atoms with van der Waals surface area (Å²) >= 11 is 1.28. The fourth-order valence-electron chi connectivity index (χ4n) is 0.798. The van der Waals surface area contributed by atoms with E-state index in [4.69, 9.17) is 0 Å². The van der Waals surface area contributed by atoms with E-state index in [1.807, 2.05) is 0 Å². The van der Waals surface area contributed by atoms with E-state index in [9.17, 15) is 9.59 Å². The Bertz CT molecular complexity index is 290. The predicted octanol–water partition coefficient (Wildman–Crippen LogP) is -0.101. The van der Waals surface area contributed by atoms with Gasteiger partial charge in [-0.05, 0) is 6.92 Å². The third kappa shape index (κ3) is 2.84. The Balaban J connectivity index is 2.48. The Morgan fingerprint density at radius 2 is 2.36 bits per heavy atom. The number of carbonyl (C=O) groups excluding carboxylic acids is 2. The third-order valence-corrected chi connectivity index (χ3v) is 2.54. The van der Waals surface area contributed by atoms with Crippen molar-refractivity contribution in [1.82, 2.24) is 16.1 Å². The van der Waals surface area contributed by atoms with Crippen molar-refractivity contribution in [3.05, 3.63) is 10.7 Å². The number of carbonyl (C=O) groups is 2. The van der Waals surface area contributed by atoms with Gasteiger partial charge in [0.05, 0.1) is 5.75 Å². The first kappa shape index (κ1) is 10.7. The summed E-state index contributed by atoms with van der Waals surface area (Å²) in [6.45, 7) is 1.72. The molecule has 0 unspecified atom stereocenters. The van der Waals surface area contributed by atoms with Gasteiger partial charge in [0, 0.05) is 12.7 Å². The molecule has 1 rings (SSSR count). The number of hydrogen-bond donors (Lipinski definition) is 3. The highest BCUT2D eigenvalue weighted by Gasteiger charge is 2.16. The second-order valence-corrected chi connectivity index (χ2v) is 3.52. The summed E-state index contributed by atoms with van der Waals surface area (Å²) in [5.41, 5.74) is 3.11. The second-order valence-electron chi connectivity index (χ2n) is 2.53. The third-order valence-electron chi connectivity index (χ3n) is 1.46. The van der Waals surface area contributed by atoms with Crippen LogP contribution in [0.15, 0.2) is 10.7 Å². The van der Waals surface area contributed by atoms with E-state index in [1.54, 1.807) is 6.92 Å². The predicted molar refractivity (Wildman–Crippen MR) is 52.0 cm³/mol. The van der Waals surface area contributed by atoms with Gasteiger partial charge < -0.3 is 15.5 Å². The lowest BCUT2D eigenvalue weighted by Gasteiger charge is -2.18. The average Bonchev–Trinajstić information content (AvgIpc) is 2.16. The molecular weight excluding hydrogens is 206 g/mol. The molecule has 0 saturated heterocycles. The van der Waals surface area contributed by atoms with Crippen LogP contribution in [0, 0.1) is 0 Å². The fourth-order valence-corrected chi connectivity index (χ4v) is 1.51. The van der Waals surface area contributed by atoms with Gasteiger partial charge in [-0.1, -0.05) is 11.8 Å². The van der Waals surface area contributed by atoms with E-state index >= 15 is 0 Å². The molecule has 1 aliphatic heterocycles. The highest BCUT2D eigenvalue weighted by Crippen LogP contribution is 2.19. The van der Waals surface area contributed by atoms with E-state index in [-0.39, 0.29) is 5.91 Å². The summed E-state index contributed by atoms with van der Waals surface area (Å²) < 4.78 is 0. The minimum Gasteiger partial charge on any atom is -0.327 e. The van der Waals surface area contributed by atoms with Crippen molar-refractivity contribution in [2.24, 2.45) is 0 Å². The number of rotatable bonds is 2. The van der Waals surface area contributed by atoms with Gasteiger partial charge in [-0.15, -0.1) is 0 Å². The van der Waals surface area contributed by atoms with Gasteiger partial charge in [0.2, 0.25) is 5.91 Å². The van der Waals surface area contributed by atoms with Crippen molar-refractivity contribution in [2.75, 3.05) is 12.8 Å². The molecule has 0 aliphatic carbocycles. The van der Waals surface area contributed by atoms with Gasteiger partial charge in [0.15, 0.2) is 0 Å². The number of amides is 2. The summed E-state index contributed by atoms with van der Waals surface area (Å²) in [5.74, 6) is 0.259. The Morgan fingerprint density at radius 3 is 2.93 bits per heavy atom. The van der Waals surface area contributed by atoms with Gasteiger partial charge in [0.1, 0.15) is 5.03 Å². The Kier molecular flexibility index (Phi) is 3.63. The van der Waals surface area contributed by atoms with E-state index in [0.717, 1.165) is 0 Å². The average molecular weight is 217 g/mol. The van der Waals surface area contributed by atoms with Crippen LogP contribution in [0.1, 0.15) is 6.92 Å². The first-order chi connectivity index (χ1) is 6.63. The van der Waals surface area contributed by atoms with Crippen LogP contribution in [0.2, 0.25) is 0 Å². The summed E-state index contributed by atoms with van der Waals surface area (Å²) in [6.07, 6.45) is -0.581. The SMILES string of the molecule is CNC(=O)ONC1=C(C)NC(=O)CS1. The monoisotopic (exact) mass is 217 g/mol. The number of hydrogen-bond acceptors (Lipinski definition) is 5. The maximum absolute atomic E-state index is 10.9. The van der Waals surface area contributed by atoms with Gasteiger partial charge in [-0.25, -0.2) is 10.3 Å². The Hall–Kier alpha value is -1.37. The van der Waals surface area contributed by atoms with Crippen LogP contribution in [0.25, 0.3) is 0 Å². The Labute approximate surface area is 85.4 Å². The lowest BCUT2D eigenvalue weighted by Crippen LogP contribution is -2.34. The van der Waals surface area contributed by atoms with Gasteiger partial charge in [0.25, 0.3) is 0 Å². The van der Waals surface area contributed by atoms with Crippen LogP contribution >= 0.6 is 11.8 Å². The molecule has 0 bridgehead atoms. The van der Waals surface area contributed by atoms with Crippen LogP contribution in [-0.2, 0) is 9.63 Å². The molecule has 0 fully saturated rings. The van der Waals surface area contributed by atoms with E-state index in [1.165, 1.54) is 18.8 Å². The molecule has 1 heterocycles. The molecule has 3 N–H and O–H groups in total. The first-order valence-corrected chi connectivity index (χ1v) is 4.90. The van der Waals surface area contributed by atoms with Crippen LogP contribution in [-0.4, -0.2) is 24.8 Å². The van der Waals surface area contributed by atoms with Crippen molar-refractivity contribution in [2.45, 2.75) is 6.92 Å². The highest BCUT2D eigenvalue weighted by atomic mass is 32.2. The fraction of sp³-hybridized carbons (Fsp3) is 0.429. The van der Waals surface area contributed by atoms with Crippen molar-refractivity contribution >= 4 is 23.8 Å². The lowest BCUT2D eigenvalue weighted by molar-refractivity contribution is -0.117. The number of hydroxylamine groups is 1. The molecule has 7 heteroatoms. The molecule has 2 amide bonds. The zero-order chi connectivity index (χ0) is 10.6. The number of nitrogens with one attached hydrogen (secondary N) is 3. The molecule has 6 nitrogen and oxygen atoms in total. The van der Waals surface area contributed by atoms with Crippen molar-refractivity contribution < 1.29 is 14.4 Å². The molecule has 0 aromatic heterocycles. The molecule has 0 aromatic rings. The first-order valence-electron chi connectivity index (χ1n) is 3.91. The van der Waals surface area contributed by atoms with E-state index in [2.05, 4.69) is 21.0 Å². The number of allylic oxidation sites excluding steroid dienone is 1. The molecule has 1 aliphatic rings. The quantitative estimate of drug-likeness (QED) is 0.563. The summed E-state index contributed by atoms with van der Waals surface area (Å²) in [4.78, 5) is 26.2. The minimum absolute atomic E-state index is 0.0574. The van der Waals surface area contributed by atoms with Crippen molar-refractivity contribution in [3.63, 3.8) is 0 Å². The second kappa shape index (κ2) is 4.75. The maximum Gasteiger partial charge on any atom is 0.431 e. The van der Waals surface area contributed by atoms with Crippen LogP contribution in [0.5, 0.6) is 0 Å². The molecule has 0 atom stereocenters. The summed E-state index contributed by atoms with van der Waals surface area (Å²) in [6, 6.07) is 0. The van der Waals surface area contributed by atoms with Gasteiger partial charge >= 0.3 is 6.09 Å².